The van der Waals surface area contributed by atoms with Crippen molar-refractivity contribution < 1.29 is 14.4 Å². The molecule has 40 heavy (non-hydrogen) atoms. The van der Waals surface area contributed by atoms with E-state index in [1.807, 2.05) is 72.5 Å². The molecule has 4 rings (SSSR count). The number of carbonyl (C=O) groups excluding carboxylic acids is 3. The number of likely N-dealkylation sites (N-methyl/N-ethyl adjacent to an activating group) is 1. The molecule has 0 aromatic heterocycles. The highest BCUT2D eigenvalue weighted by molar-refractivity contribution is 5.83. The molecular weight excluding hydrogens is 502 g/mol. The third-order valence-electron chi connectivity index (χ3n) is 8.21. The molecule has 2 fully saturated rings. The van der Waals surface area contributed by atoms with Gasteiger partial charge in [0.1, 0.15) is 0 Å². The maximum Gasteiger partial charge on any atom is 0.238 e. The lowest BCUT2D eigenvalue weighted by molar-refractivity contribution is -0.135. The highest BCUT2D eigenvalue weighted by atomic mass is 16.2. The normalized spacial score (nSPS) is 22.4. The first-order valence-corrected chi connectivity index (χ1v) is 14.7. The summed E-state index contributed by atoms with van der Waals surface area (Å²) in [6.45, 7) is 7.53. The van der Waals surface area contributed by atoms with E-state index < -0.39 is 0 Å². The minimum absolute atomic E-state index is 0.00203. The number of fused-ring (bicyclic) bond motifs is 1. The first kappa shape index (κ1) is 29.7. The van der Waals surface area contributed by atoms with Crippen LogP contribution in [0.15, 0.2) is 60.7 Å². The maximum absolute atomic E-state index is 13.9. The number of nitrogens with one attached hydrogen (secondary N) is 3. The van der Waals surface area contributed by atoms with E-state index in [0.29, 0.717) is 26.1 Å². The van der Waals surface area contributed by atoms with Crippen LogP contribution in [0, 0.1) is 5.92 Å². The van der Waals surface area contributed by atoms with Crippen LogP contribution in [0.1, 0.15) is 63.6 Å². The molecule has 0 radical (unpaired) electrons. The zero-order valence-electron chi connectivity index (χ0n) is 24.3. The molecule has 3 amide bonds. The number of nitrogens with zero attached hydrogens (tertiary/aromatic N) is 2. The van der Waals surface area contributed by atoms with E-state index >= 15 is 0 Å². The van der Waals surface area contributed by atoms with Crippen molar-refractivity contribution in [3.8, 4) is 0 Å². The Kier molecular flexibility index (Phi) is 10.3. The van der Waals surface area contributed by atoms with E-state index in [2.05, 4.69) is 34.7 Å². The van der Waals surface area contributed by atoms with Crippen molar-refractivity contribution in [2.75, 3.05) is 26.7 Å². The summed E-state index contributed by atoms with van der Waals surface area (Å²) in [6, 6.07) is 19.1. The van der Waals surface area contributed by atoms with E-state index in [4.69, 9.17) is 0 Å². The first-order valence-electron chi connectivity index (χ1n) is 14.7. The van der Waals surface area contributed by atoms with E-state index in [9.17, 15) is 14.4 Å². The number of amides is 3. The van der Waals surface area contributed by atoms with Gasteiger partial charge in [-0.25, -0.2) is 0 Å². The second-order valence-corrected chi connectivity index (χ2v) is 11.6. The topological polar surface area (TPSA) is 93.8 Å². The summed E-state index contributed by atoms with van der Waals surface area (Å²) in [4.78, 5) is 44.1. The average molecular weight is 548 g/mol. The Balaban J connectivity index is 1.54. The molecule has 2 heterocycles. The molecule has 2 aliphatic rings. The van der Waals surface area contributed by atoms with Crippen molar-refractivity contribution in [2.24, 2.45) is 5.92 Å². The molecule has 0 aliphatic carbocycles. The van der Waals surface area contributed by atoms with Gasteiger partial charge in [0.2, 0.25) is 17.7 Å². The summed E-state index contributed by atoms with van der Waals surface area (Å²) in [5, 5.41) is 9.52. The molecular formula is C32H45N5O3. The van der Waals surface area contributed by atoms with E-state index in [-0.39, 0.29) is 53.8 Å². The van der Waals surface area contributed by atoms with Gasteiger partial charge in [-0.3, -0.25) is 19.3 Å². The Morgan fingerprint density at radius 2 is 1.50 bits per heavy atom. The van der Waals surface area contributed by atoms with Gasteiger partial charge in [0, 0.05) is 32.1 Å². The molecule has 0 saturated carbocycles. The Bertz CT molecular complexity index is 1090. The van der Waals surface area contributed by atoms with Gasteiger partial charge in [0.05, 0.1) is 24.2 Å². The Hall–Kier alpha value is -3.23. The lowest BCUT2D eigenvalue weighted by Crippen LogP contribution is -2.59. The number of hydrogen-bond acceptors (Lipinski definition) is 5. The molecule has 2 aliphatic heterocycles. The molecule has 8 nitrogen and oxygen atoms in total. The molecule has 1 unspecified atom stereocenters. The standard InChI is InChI=1S/C32H45N5O3/c1-22(2)19-29(38)36-18-17-27-15-16-28(37(27)21-26(20-36)34-31(39)23(3)33-4)32(40)35-30(24-11-7-5-8-12-24)25-13-9-6-10-14-25/h5-14,22-23,26-28,30,33H,15-21H2,1-4H3,(H,34,39)(H,35,40)/t23-,26?,27+,28-/m0/s1. The number of benzene rings is 2. The van der Waals surface area contributed by atoms with Gasteiger partial charge in [-0.1, -0.05) is 74.5 Å². The fourth-order valence-electron chi connectivity index (χ4n) is 5.92. The third kappa shape index (κ3) is 7.49. The van der Waals surface area contributed by atoms with Crippen molar-refractivity contribution in [2.45, 2.75) is 76.7 Å². The minimum Gasteiger partial charge on any atom is -0.349 e. The van der Waals surface area contributed by atoms with E-state index in [1.165, 1.54) is 0 Å². The zero-order valence-corrected chi connectivity index (χ0v) is 24.3. The quantitative estimate of drug-likeness (QED) is 0.449. The van der Waals surface area contributed by atoms with Crippen molar-refractivity contribution in [3.05, 3.63) is 71.8 Å². The second-order valence-electron chi connectivity index (χ2n) is 11.6. The van der Waals surface area contributed by atoms with E-state index in [1.54, 1.807) is 7.05 Å². The van der Waals surface area contributed by atoms with Gasteiger partial charge in [-0.15, -0.1) is 0 Å². The van der Waals surface area contributed by atoms with Gasteiger partial charge in [0.15, 0.2) is 0 Å². The molecule has 2 saturated heterocycles. The number of hydrogen-bond donors (Lipinski definition) is 3. The predicted octanol–water partition coefficient (Wildman–Crippen LogP) is 3.10. The smallest absolute Gasteiger partial charge is 0.238 e. The fourth-order valence-corrected chi connectivity index (χ4v) is 5.92. The van der Waals surface area contributed by atoms with Crippen molar-refractivity contribution in [1.29, 1.82) is 0 Å². The van der Waals surface area contributed by atoms with Gasteiger partial charge < -0.3 is 20.9 Å². The summed E-state index contributed by atoms with van der Waals surface area (Å²) in [6.07, 6.45) is 2.95. The molecule has 8 heteroatoms. The Labute approximate surface area is 238 Å². The van der Waals surface area contributed by atoms with Crippen LogP contribution in [0.5, 0.6) is 0 Å². The maximum atomic E-state index is 13.9. The zero-order chi connectivity index (χ0) is 28.6. The lowest BCUT2D eigenvalue weighted by atomic mass is 9.98. The van der Waals surface area contributed by atoms with Crippen LogP contribution >= 0.6 is 0 Å². The monoisotopic (exact) mass is 547 g/mol. The summed E-state index contributed by atoms with van der Waals surface area (Å²) in [5.74, 6) is 0.301. The molecule has 2 aromatic rings. The van der Waals surface area contributed by atoms with Crippen LogP contribution < -0.4 is 16.0 Å². The Morgan fingerprint density at radius 1 is 0.875 bits per heavy atom. The second kappa shape index (κ2) is 13.9. The average Bonchev–Trinajstić information content (AvgIpc) is 3.33. The highest BCUT2D eigenvalue weighted by Gasteiger charge is 2.41. The van der Waals surface area contributed by atoms with Crippen molar-refractivity contribution in [3.63, 3.8) is 0 Å². The van der Waals surface area contributed by atoms with Gasteiger partial charge >= 0.3 is 0 Å². The number of carbonyl (C=O) groups is 3. The lowest BCUT2D eigenvalue weighted by Gasteiger charge is -2.39. The SMILES string of the molecule is CN[C@@H](C)C(=O)NC1CN(C(=O)CC(C)C)CC[C@H]2CC[C@@H](C(=O)NC(c3ccccc3)c3ccccc3)N2C1. The van der Waals surface area contributed by atoms with Crippen molar-refractivity contribution >= 4 is 17.7 Å². The molecule has 0 bridgehead atoms. The molecule has 0 spiro atoms. The van der Waals surface area contributed by atoms with Crippen LogP contribution in [0.25, 0.3) is 0 Å². The van der Waals surface area contributed by atoms with Gasteiger partial charge in [-0.05, 0) is 50.3 Å². The summed E-state index contributed by atoms with van der Waals surface area (Å²) in [7, 11) is 1.76. The largest absolute Gasteiger partial charge is 0.349 e. The summed E-state index contributed by atoms with van der Waals surface area (Å²) in [5.41, 5.74) is 2.07. The van der Waals surface area contributed by atoms with Crippen molar-refractivity contribution in [1.82, 2.24) is 25.8 Å². The van der Waals surface area contributed by atoms with E-state index in [0.717, 1.165) is 30.4 Å². The van der Waals surface area contributed by atoms with Crippen LogP contribution in [0.4, 0.5) is 0 Å². The first-order chi connectivity index (χ1) is 19.3. The van der Waals surface area contributed by atoms with Crippen LogP contribution in [-0.4, -0.2) is 78.4 Å². The molecule has 4 atom stereocenters. The predicted molar refractivity (Wildman–Crippen MR) is 157 cm³/mol. The molecule has 2 aromatic carbocycles. The minimum atomic E-state index is -0.351. The Morgan fingerprint density at radius 3 is 2.08 bits per heavy atom. The third-order valence-corrected chi connectivity index (χ3v) is 8.21. The van der Waals surface area contributed by atoms with Gasteiger partial charge in [0.25, 0.3) is 0 Å². The van der Waals surface area contributed by atoms with Crippen LogP contribution in [0.2, 0.25) is 0 Å². The molecule has 3 N–H and O–H groups in total. The highest BCUT2D eigenvalue weighted by Crippen LogP contribution is 2.30. The molecule has 216 valence electrons. The summed E-state index contributed by atoms with van der Waals surface area (Å²) >= 11 is 0. The summed E-state index contributed by atoms with van der Waals surface area (Å²) < 4.78 is 0. The van der Waals surface area contributed by atoms with Gasteiger partial charge in [-0.2, -0.15) is 0 Å². The van der Waals surface area contributed by atoms with Crippen LogP contribution in [-0.2, 0) is 14.4 Å². The van der Waals surface area contributed by atoms with Crippen LogP contribution in [0.3, 0.4) is 0 Å². The fraction of sp³-hybridized carbons (Fsp3) is 0.531. The number of rotatable bonds is 9.